The molecule has 7 nitrogen and oxygen atoms in total. The molecule has 0 fully saturated rings. The fourth-order valence-electron chi connectivity index (χ4n) is 2.50. The van der Waals surface area contributed by atoms with Gasteiger partial charge in [-0.3, -0.25) is 14.9 Å². The van der Waals surface area contributed by atoms with Crippen LogP contribution in [0.2, 0.25) is 5.02 Å². The van der Waals surface area contributed by atoms with Crippen molar-refractivity contribution in [3.63, 3.8) is 0 Å². The summed E-state index contributed by atoms with van der Waals surface area (Å²) in [7, 11) is 0. The number of aromatic nitrogens is 2. The number of hydrogen-bond acceptors (Lipinski definition) is 4. The SMILES string of the molecule is O=C(Nc1cc([N+](=O)[O-])ccc1F)c1cnn(-c2cccc(Cl)c2)c1C(F)(F)F. The zero-order chi connectivity index (χ0) is 21.3. The Morgan fingerprint density at radius 2 is 1.93 bits per heavy atom. The normalized spacial score (nSPS) is 11.3. The summed E-state index contributed by atoms with van der Waals surface area (Å²) in [6.07, 6.45) is -4.33. The number of halogens is 5. The van der Waals surface area contributed by atoms with Crippen molar-refractivity contribution in [2.75, 3.05) is 5.32 Å². The van der Waals surface area contributed by atoms with E-state index < -0.39 is 45.5 Å². The highest BCUT2D eigenvalue weighted by atomic mass is 35.5. The van der Waals surface area contributed by atoms with Crippen molar-refractivity contribution in [1.82, 2.24) is 9.78 Å². The molecule has 12 heteroatoms. The van der Waals surface area contributed by atoms with Crippen LogP contribution < -0.4 is 5.32 Å². The molecule has 0 atom stereocenters. The second-order valence-corrected chi connectivity index (χ2v) is 6.11. The molecule has 1 aromatic heterocycles. The molecule has 150 valence electrons. The lowest BCUT2D eigenvalue weighted by Gasteiger charge is -2.13. The minimum absolute atomic E-state index is 0.0506. The Hall–Kier alpha value is -3.47. The van der Waals surface area contributed by atoms with E-state index in [0.29, 0.717) is 23.0 Å². The number of carbonyl (C=O) groups excluding carboxylic acids is 1. The van der Waals surface area contributed by atoms with Crippen molar-refractivity contribution in [1.29, 1.82) is 0 Å². The molecule has 0 aliphatic rings. The molecule has 3 rings (SSSR count). The summed E-state index contributed by atoms with van der Waals surface area (Å²) in [5, 5.41) is 16.5. The first-order chi connectivity index (χ1) is 13.6. The number of non-ortho nitro benzene ring substituents is 1. The van der Waals surface area contributed by atoms with Gasteiger partial charge < -0.3 is 5.32 Å². The van der Waals surface area contributed by atoms with Crippen LogP contribution in [0.1, 0.15) is 16.1 Å². The number of nitrogens with one attached hydrogen (secondary N) is 1. The number of benzene rings is 2. The van der Waals surface area contributed by atoms with Crippen LogP contribution in [0.15, 0.2) is 48.7 Å². The zero-order valence-corrected chi connectivity index (χ0v) is 14.8. The summed E-state index contributed by atoms with van der Waals surface area (Å²) in [5.74, 6) is -2.40. The number of nitro groups is 1. The van der Waals surface area contributed by atoms with Crippen molar-refractivity contribution >= 4 is 28.9 Å². The molecule has 0 aliphatic heterocycles. The van der Waals surface area contributed by atoms with Crippen molar-refractivity contribution in [3.05, 3.63) is 80.9 Å². The van der Waals surface area contributed by atoms with Crippen LogP contribution in [0, 0.1) is 15.9 Å². The van der Waals surface area contributed by atoms with Crippen LogP contribution in [0.5, 0.6) is 0 Å². The highest BCUT2D eigenvalue weighted by Crippen LogP contribution is 2.34. The summed E-state index contributed by atoms with van der Waals surface area (Å²) in [6, 6.07) is 7.62. The molecule has 0 saturated carbocycles. The van der Waals surface area contributed by atoms with E-state index in [1.165, 1.54) is 24.3 Å². The first-order valence-electron chi connectivity index (χ1n) is 7.74. The maximum atomic E-state index is 13.9. The Bertz CT molecular complexity index is 1110. The first-order valence-corrected chi connectivity index (χ1v) is 8.12. The molecule has 1 heterocycles. The number of alkyl halides is 3. The Morgan fingerprint density at radius 3 is 2.55 bits per heavy atom. The van der Waals surface area contributed by atoms with Crippen molar-refractivity contribution in [2.45, 2.75) is 6.18 Å². The number of rotatable bonds is 4. The van der Waals surface area contributed by atoms with E-state index in [1.54, 1.807) is 0 Å². The molecule has 1 N–H and O–H groups in total. The number of anilines is 1. The molecule has 3 aromatic rings. The standard InChI is InChI=1S/C17H9ClF4N4O3/c18-9-2-1-3-10(6-9)25-15(17(20,21)22)12(8-23-25)16(27)24-14-7-11(26(28)29)4-5-13(14)19/h1-8H,(H,24,27). The smallest absolute Gasteiger partial charge is 0.319 e. The number of amides is 1. The summed E-state index contributed by atoms with van der Waals surface area (Å²) < 4.78 is 55.3. The van der Waals surface area contributed by atoms with E-state index in [9.17, 15) is 32.5 Å². The lowest BCUT2D eigenvalue weighted by atomic mass is 10.2. The van der Waals surface area contributed by atoms with Crippen LogP contribution in [0.3, 0.4) is 0 Å². The number of hydrogen-bond donors (Lipinski definition) is 1. The van der Waals surface area contributed by atoms with Gasteiger partial charge in [-0.15, -0.1) is 0 Å². The minimum Gasteiger partial charge on any atom is -0.319 e. The Labute approximate surface area is 164 Å². The summed E-state index contributed by atoms with van der Waals surface area (Å²) in [4.78, 5) is 22.4. The highest BCUT2D eigenvalue weighted by Gasteiger charge is 2.40. The molecule has 0 bridgehead atoms. The molecule has 0 saturated heterocycles. The molecule has 29 heavy (non-hydrogen) atoms. The molecule has 1 amide bonds. The van der Waals surface area contributed by atoms with Gasteiger partial charge >= 0.3 is 6.18 Å². The average Bonchev–Trinajstić information content (AvgIpc) is 3.09. The fourth-order valence-corrected chi connectivity index (χ4v) is 2.69. The molecular formula is C17H9ClF4N4O3. The van der Waals surface area contributed by atoms with Gasteiger partial charge in [0.2, 0.25) is 0 Å². The Morgan fingerprint density at radius 1 is 1.21 bits per heavy atom. The van der Waals surface area contributed by atoms with Gasteiger partial charge in [0.25, 0.3) is 11.6 Å². The molecule has 0 radical (unpaired) electrons. The van der Waals surface area contributed by atoms with Crippen LogP contribution in [0.25, 0.3) is 5.69 Å². The average molecular weight is 429 g/mol. The monoisotopic (exact) mass is 428 g/mol. The van der Waals surface area contributed by atoms with Crippen molar-refractivity contribution < 1.29 is 27.3 Å². The molecule has 0 spiro atoms. The zero-order valence-electron chi connectivity index (χ0n) is 14.1. The second-order valence-electron chi connectivity index (χ2n) is 5.67. The number of carbonyl (C=O) groups is 1. The molecule has 0 unspecified atom stereocenters. The third-order valence-electron chi connectivity index (χ3n) is 3.74. The van der Waals surface area contributed by atoms with Gasteiger partial charge in [0.15, 0.2) is 5.69 Å². The van der Waals surface area contributed by atoms with E-state index in [1.807, 2.05) is 5.32 Å². The first kappa shape index (κ1) is 20.3. The van der Waals surface area contributed by atoms with E-state index in [2.05, 4.69) is 5.10 Å². The van der Waals surface area contributed by atoms with Crippen LogP contribution in [0.4, 0.5) is 28.9 Å². The van der Waals surface area contributed by atoms with Crippen LogP contribution >= 0.6 is 11.6 Å². The second kappa shape index (κ2) is 7.51. The predicted molar refractivity (Wildman–Crippen MR) is 94.6 cm³/mol. The van der Waals surface area contributed by atoms with Crippen LogP contribution in [-0.2, 0) is 6.18 Å². The topological polar surface area (TPSA) is 90.1 Å². The van der Waals surface area contributed by atoms with Gasteiger partial charge in [0, 0.05) is 17.2 Å². The molecule has 0 aliphatic carbocycles. The van der Waals surface area contributed by atoms with E-state index in [-0.39, 0.29) is 10.7 Å². The molecule has 2 aromatic carbocycles. The maximum Gasteiger partial charge on any atom is 0.434 e. The number of nitro benzene ring substituents is 1. The summed E-state index contributed by atoms with van der Waals surface area (Å²) in [5.41, 5.74) is -3.56. The van der Waals surface area contributed by atoms with E-state index in [4.69, 9.17) is 11.6 Å². The highest BCUT2D eigenvalue weighted by molar-refractivity contribution is 6.30. The minimum atomic E-state index is -4.99. The molecular weight excluding hydrogens is 420 g/mol. The quantitative estimate of drug-likeness (QED) is 0.365. The van der Waals surface area contributed by atoms with Gasteiger partial charge in [-0.2, -0.15) is 18.3 Å². The largest absolute Gasteiger partial charge is 0.434 e. The van der Waals surface area contributed by atoms with Crippen molar-refractivity contribution in [2.24, 2.45) is 0 Å². The summed E-state index contributed by atoms with van der Waals surface area (Å²) >= 11 is 5.80. The van der Waals surface area contributed by atoms with Gasteiger partial charge in [0.05, 0.1) is 28.1 Å². The third-order valence-corrected chi connectivity index (χ3v) is 3.98. The van der Waals surface area contributed by atoms with Crippen molar-refractivity contribution in [3.8, 4) is 5.69 Å². The third kappa shape index (κ3) is 4.19. The maximum absolute atomic E-state index is 13.9. The van der Waals surface area contributed by atoms with Gasteiger partial charge in [0.1, 0.15) is 5.82 Å². The summed E-state index contributed by atoms with van der Waals surface area (Å²) in [6.45, 7) is 0. The number of nitrogens with zero attached hydrogens (tertiary/aromatic N) is 3. The lowest BCUT2D eigenvalue weighted by Crippen LogP contribution is -2.21. The Balaban J connectivity index is 2.04. The Kier molecular flexibility index (Phi) is 5.25. The van der Waals surface area contributed by atoms with Gasteiger partial charge in [-0.25, -0.2) is 9.07 Å². The van der Waals surface area contributed by atoms with Crippen LogP contribution in [-0.4, -0.2) is 20.6 Å². The predicted octanol–water partition coefficient (Wildman–Crippen LogP) is 4.84. The fraction of sp³-hybridized carbons (Fsp3) is 0.0588. The van der Waals surface area contributed by atoms with E-state index in [0.717, 1.165) is 6.07 Å². The van der Waals surface area contributed by atoms with E-state index >= 15 is 0 Å². The van der Waals surface area contributed by atoms with Gasteiger partial charge in [-0.1, -0.05) is 17.7 Å². The van der Waals surface area contributed by atoms with Gasteiger partial charge in [-0.05, 0) is 24.3 Å². The lowest BCUT2D eigenvalue weighted by molar-refractivity contribution is -0.384.